The molecule has 3 rings (SSSR count). The van der Waals surface area contributed by atoms with Gasteiger partial charge in [-0.15, -0.1) is 0 Å². The minimum Gasteiger partial charge on any atom is -0.379 e. The number of fused-ring (bicyclic) bond motifs is 1. The maximum Gasteiger partial charge on any atom is 0.220 e. The molecule has 2 aliphatic heterocycles. The lowest BCUT2D eigenvalue weighted by atomic mass is 9.95. The first kappa shape index (κ1) is 19.2. The summed E-state index contributed by atoms with van der Waals surface area (Å²) in [6.07, 6.45) is 2.94. The summed E-state index contributed by atoms with van der Waals surface area (Å²) in [4.78, 5) is 17.0. The van der Waals surface area contributed by atoms with Gasteiger partial charge in [0, 0.05) is 45.3 Å². The Labute approximate surface area is 157 Å². The van der Waals surface area contributed by atoms with Crippen molar-refractivity contribution in [3.8, 4) is 0 Å². The molecule has 1 amide bonds. The van der Waals surface area contributed by atoms with Crippen LogP contribution in [0, 0.1) is 5.92 Å². The van der Waals surface area contributed by atoms with E-state index in [0.29, 0.717) is 18.9 Å². The number of nitrogens with zero attached hydrogens (tertiary/aromatic N) is 2. The third kappa shape index (κ3) is 4.77. The fourth-order valence-electron chi connectivity index (χ4n) is 4.01. The largest absolute Gasteiger partial charge is 0.379 e. The van der Waals surface area contributed by atoms with Crippen LogP contribution in [-0.4, -0.2) is 57.2 Å². The number of rotatable bonds is 6. The molecule has 5 nitrogen and oxygen atoms in total. The average molecular weight is 360 g/mol. The molecule has 1 saturated heterocycles. The highest BCUT2D eigenvalue weighted by molar-refractivity contribution is 5.76. The monoisotopic (exact) mass is 359 g/mol. The number of aryl methyl sites for hydroxylation is 1. The Balaban J connectivity index is 1.77. The molecule has 0 aromatic heterocycles. The van der Waals surface area contributed by atoms with Gasteiger partial charge in [0.1, 0.15) is 0 Å². The summed E-state index contributed by atoms with van der Waals surface area (Å²) < 4.78 is 5.53. The number of anilines is 1. The van der Waals surface area contributed by atoms with Gasteiger partial charge in [-0.2, -0.15) is 0 Å². The minimum absolute atomic E-state index is 0.149. The fourth-order valence-corrected chi connectivity index (χ4v) is 4.01. The van der Waals surface area contributed by atoms with Crippen LogP contribution >= 0.6 is 0 Å². The first-order valence-corrected chi connectivity index (χ1v) is 9.97. The molecule has 144 valence electrons. The van der Waals surface area contributed by atoms with Crippen molar-refractivity contribution in [1.29, 1.82) is 0 Å². The van der Waals surface area contributed by atoms with Gasteiger partial charge in [0.05, 0.1) is 19.3 Å². The van der Waals surface area contributed by atoms with Gasteiger partial charge >= 0.3 is 0 Å². The summed E-state index contributed by atoms with van der Waals surface area (Å²) in [6, 6.07) is 7.08. The van der Waals surface area contributed by atoms with Gasteiger partial charge in [0.2, 0.25) is 5.91 Å². The van der Waals surface area contributed by atoms with E-state index in [4.69, 9.17) is 4.74 Å². The number of morpholine rings is 1. The molecule has 1 aromatic carbocycles. The SMILES string of the molecule is CC(C)CC(=O)NCC(c1ccc2c(c1)CCCN2C)N1CCOCC1. The molecule has 1 atom stereocenters. The van der Waals surface area contributed by atoms with E-state index in [1.54, 1.807) is 0 Å². The van der Waals surface area contributed by atoms with Crippen molar-refractivity contribution in [2.75, 3.05) is 51.3 Å². The van der Waals surface area contributed by atoms with Crippen molar-refractivity contribution in [3.63, 3.8) is 0 Å². The second kappa shape index (κ2) is 8.87. The van der Waals surface area contributed by atoms with Gasteiger partial charge in [-0.25, -0.2) is 0 Å². The summed E-state index contributed by atoms with van der Waals surface area (Å²) >= 11 is 0. The second-order valence-electron chi connectivity index (χ2n) is 7.98. The molecule has 0 aliphatic carbocycles. The zero-order valence-electron chi connectivity index (χ0n) is 16.5. The average Bonchev–Trinajstić information content (AvgIpc) is 2.62. The van der Waals surface area contributed by atoms with Crippen molar-refractivity contribution in [2.24, 2.45) is 5.92 Å². The van der Waals surface area contributed by atoms with Crippen molar-refractivity contribution >= 4 is 11.6 Å². The lowest BCUT2D eigenvalue weighted by Crippen LogP contribution is -2.44. The van der Waals surface area contributed by atoms with Crippen LogP contribution in [0.3, 0.4) is 0 Å². The van der Waals surface area contributed by atoms with Crippen LogP contribution in [0.4, 0.5) is 5.69 Å². The van der Waals surface area contributed by atoms with Crippen LogP contribution in [0.1, 0.15) is 43.9 Å². The van der Waals surface area contributed by atoms with Crippen LogP contribution in [-0.2, 0) is 16.0 Å². The van der Waals surface area contributed by atoms with Crippen molar-refractivity contribution in [1.82, 2.24) is 10.2 Å². The quantitative estimate of drug-likeness (QED) is 0.848. The summed E-state index contributed by atoms with van der Waals surface area (Å²) in [5.74, 6) is 0.534. The topological polar surface area (TPSA) is 44.8 Å². The van der Waals surface area contributed by atoms with Crippen LogP contribution in [0.5, 0.6) is 0 Å². The number of benzene rings is 1. The van der Waals surface area contributed by atoms with E-state index in [1.807, 2.05) is 0 Å². The first-order valence-electron chi connectivity index (χ1n) is 9.97. The molecular weight excluding hydrogens is 326 g/mol. The number of amides is 1. The van der Waals surface area contributed by atoms with E-state index in [0.717, 1.165) is 39.3 Å². The van der Waals surface area contributed by atoms with E-state index in [-0.39, 0.29) is 11.9 Å². The number of carbonyl (C=O) groups is 1. The maximum atomic E-state index is 12.2. The molecule has 2 aliphatic rings. The van der Waals surface area contributed by atoms with Gasteiger partial charge in [-0.05, 0) is 36.0 Å². The van der Waals surface area contributed by atoms with Gasteiger partial charge in [-0.1, -0.05) is 26.0 Å². The molecule has 26 heavy (non-hydrogen) atoms. The molecule has 1 fully saturated rings. The lowest BCUT2D eigenvalue weighted by molar-refractivity contribution is -0.122. The molecule has 1 aromatic rings. The maximum absolute atomic E-state index is 12.2. The van der Waals surface area contributed by atoms with Crippen LogP contribution in [0.25, 0.3) is 0 Å². The summed E-state index contributed by atoms with van der Waals surface area (Å²) in [5, 5.41) is 3.17. The Morgan fingerprint density at radius 2 is 2.00 bits per heavy atom. The molecule has 2 heterocycles. The number of hydrogen-bond donors (Lipinski definition) is 1. The van der Waals surface area contributed by atoms with E-state index < -0.39 is 0 Å². The third-order valence-corrected chi connectivity index (χ3v) is 5.41. The Kier molecular flexibility index (Phi) is 6.54. The molecule has 0 saturated carbocycles. The molecule has 1 unspecified atom stereocenters. The Morgan fingerprint density at radius 1 is 1.23 bits per heavy atom. The van der Waals surface area contributed by atoms with E-state index in [1.165, 1.54) is 23.2 Å². The van der Waals surface area contributed by atoms with Gasteiger partial charge in [0.25, 0.3) is 0 Å². The van der Waals surface area contributed by atoms with Crippen molar-refractivity contribution in [2.45, 2.75) is 39.2 Å². The third-order valence-electron chi connectivity index (χ3n) is 5.41. The number of nitrogens with one attached hydrogen (secondary N) is 1. The Morgan fingerprint density at radius 3 is 2.73 bits per heavy atom. The predicted octanol–water partition coefficient (Wildman–Crippen LogP) is 2.60. The first-order chi connectivity index (χ1) is 12.5. The summed E-state index contributed by atoms with van der Waals surface area (Å²) in [7, 11) is 2.17. The zero-order valence-corrected chi connectivity index (χ0v) is 16.5. The molecule has 0 bridgehead atoms. The summed E-state index contributed by atoms with van der Waals surface area (Å²) in [6.45, 7) is 9.33. The minimum atomic E-state index is 0.149. The lowest BCUT2D eigenvalue weighted by Gasteiger charge is -2.36. The van der Waals surface area contributed by atoms with Crippen molar-refractivity contribution < 1.29 is 9.53 Å². The molecule has 0 radical (unpaired) electrons. The van der Waals surface area contributed by atoms with E-state index >= 15 is 0 Å². The van der Waals surface area contributed by atoms with Crippen LogP contribution in [0.2, 0.25) is 0 Å². The van der Waals surface area contributed by atoms with Crippen LogP contribution in [0.15, 0.2) is 18.2 Å². The normalized spacial score (nSPS) is 19.3. The van der Waals surface area contributed by atoms with E-state index in [2.05, 4.69) is 54.2 Å². The molecular formula is C21H33N3O2. The molecule has 1 N–H and O–H groups in total. The molecule has 0 spiro atoms. The predicted molar refractivity (Wildman–Crippen MR) is 106 cm³/mol. The number of carbonyl (C=O) groups excluding carboxylic acids is 1. The number of ether oxygens (including phenoxy) is 1. The highest BCUT2D eigenvalue weighted by Gasteiger charge is 2.25. The summed E-state index contributed by atoms with van der Waals surface area (Å²) in [5.41, 5.74) is 4.10. The fraction of sp³-hybridized carbons (Fsp3) is 0.667. The number of hydrogen-bond acceptors (Lipinski definition) is 4. The van der Waals surface area contributed by atoms with Gasteiger partial charge in [0.15, 0.2) is 0 Å². The van der Waals surface area contributed by atoms with Gasteiger partial charge in [-0.3, -0.25) is 9.69 Å². The Bertz CT molecular complexity index is 611. The highest BCUT2D eigenvalue weighted by Crippen LogP contribution is 2.30. The zero-order chi connectivity index (χ0) is 18.5. The Hall–Kier alpha value is -1.59. The van der Waals surface area contributed by atoms with Crippen molar-refractivity contribution in [3.05, 3.63) is 29.3 Å². The van der Waals surface area contributed by atoms with Gasteiger partial charge < -0.3 is 15.0 Å². The second-order valence-corrected chi connectivity index (χ2v) is 7.98. The highest BCUT2D eigenvalue weighted by atomic mass is 16.5. The van der Waals surface area contributed by atoms with E-state index in [9.17, 15) is 4.79 Å². The smallest absolute Gasteiger partial charge is 0.220 e. The van der Waals surface area contributed by atoms with Crippen LogP contribution < -0.4 is 10.2 Å². The standard InChI is InChI=1S/C21H33N3O2/c1-16(2)13-21(25)22-15-20(24-9-11-26-12-10-24)18-6-7-19-17(14-18)5-4-8-23(19)3/h6-7,14,16,20H,4-5,8-13,15H2,1-3H3,(H,22,25). The molecule has 5 heteroatoms.